The number of aromatic nitrogens is 4. The van der Waals surface area contributed by atoms with E-state index in [1.807, 2.05) is 19.4 Å². The van der Waals surface area contributed by atoms with Crippen LogP contribution in [-0.2, 0) is 13.0 Å². The minimum absolute atomic E-state index is 0. The molecule has 0 amide bonds. The Labute approximate surface area is 136 Å². The molecule has 0 radical (unpaired) electrons. The van der Waals surface area contributed by atoms with E-state index in [1.165, 1.54) is 22.2 Å². The van der Waals surface area contributed by atoms with Gasteiger partial charge in [0.25, 0.3) is 5.56 Å². The van der Waals surface area contributed by atoms with Crippen LogP contribution in [0.2, 0.25) is 0 Å². The van der Waals surface area contributed by atoms with E-state index in [-0.39, 0.29) is 30.6 Å². The first kappa shape index (κ1) is 16.6. The fraction of sp³-hybridized carbons (Fsp3) is 0.385. The zero-order valence-electron chi connectivity index (χ0n) is 12.1. The van der Waals surface area contributed by atoms with Gasteiger partial charge in [0.2, 0.25) is 5.89 Å². The molecule has 0 spiro atoms. The summed E-state index contributed by atoms with van der Waals surface area (Å²) in [5.41, 5.74) is -0.0930. The summed E-state index contributed by atoms with van der Waals surface area (Å²) in [6.07, 6.45) is 2.19. The summed E-state index contributed by atoms with van der Waals surface area (Å²) in [5.74, 6) is 1.04. The number of nitrogens with one attached hydrogen (secondary N) is 1. The quantitative estimate of drug-likeness (QED) is 0.756. The first-order chi connectivity index (χ1) is 10.2. The van der Waals surface area contributed by atoms with Crippen molar-refractivity contribution in [3.63, 3.8) is 0 Å². The lowest BCUT2D eigenvalue weighted by atomic mass is 10.2. The number of rotatable bonds is 5. The third-order valence-corrected chi connectivity index (χ3v) is 4.07. The lowest BCUT2D eigenvalue weighted by Crippen LogP contribution is -2.24. The van der Waals surface area contributed by atoms with Gasteiger partial charge in [-0.1, -0.05) is 5.16 Å². The fourth-order valence-electron chi connectivity index (χ4n) is 1.96. The summed E-state index contributed by atoms with van der Waals surface area (Å²) in [5, 5.41) is 9.51. The van der Waals surface area contributed by atoms with Crippen LogP contribution in [0.15, 0.2) is 27.1 Å². The van der Waals surface area contributed by atoms with E-state index in [1.54, 1.807) is 6.07 Å². The summed E-state index contributed by atoms with van der Waals surface area (Å²) in [4.78, 5) is 21.5. The molecule has 1 atom stereocenters. The fourth-order valence-corrected chi connectivity index (χ4v) is 2.69. The molecule has 1 unspecified atom stereocenters. The molecule has 0 saturated carbocycles. The number of hydrogen-bond acceptors (Lipinski definition) is 7. The van der Waals surface area contributed by atoms with Crippen molar-refractivity contribution < 1.29 is 4.52 Å². The number of thiophene rings is 1. The van der Waals surface area contributed by atoms with Gasteiger partial charge in [0.05, 0.1) is 11.7 Å². The zero-order valence-corrected chi connectivity index (χ0v) is 13.8. The highest BCUT2D eigenvalue weighted by Crippen LogP contribution is 2.13. The van der Waals surface area contributed by atoms with Crippen molar-refractivity contribution in [2.24, 2.45) is 0 Å². The van der Waals surface area contributed by atoms with Crippen LogP contribution in [0.1, 0.15) is 18.6 Å². The molecule has 118 valence electrons. The minimum Gasteiger partial charge on any atom is -0.337 e. The topological polar surface area (TPSA) is 85.8 Å². The molecular weight excluding hydrogens is 326 g/mol. The monoisotopic (exact) mass is 341 g/mol. The highest BCUT2D eigenvalue weighted by molar-refractivity contribution is 7.16. The molecule has 7 nitrogen and oxygen atoms in total. The first-order valence-corrected chi connectivity index (χ1v) is 7.46. The van der Waals surface area contributed by atoms with Crippen LogP contribution in [0.4, 0.5) is 0 Å². The lowest BCUT2D eigenvalue weighted by molar-refractivity contribution is 0.363. The summed E-state index contributed by atoms with van der Waals surface area (Å²) in [6, 6.07) is 2.04. The van der Waals surface area contributed by atoms with Crippen LogP contribution < -0.4 is 10.9 Å². The molecule has 0 fully saturated rings. The van der Waals surface area contributed by atoms with Crippen molar-refractivity contribution in [3.8, 4) is 0 Å². The van der Waals surface area contributed by atoms with E-state index in [0.717, 1.165) is 4.83 Å². The molecule has 0 aromatic carbocycles. The first-order valence-electron chi connectivity index (χ1n) is 6.58. The predicted octanol–water partition coefficient (Wildman–Crippen LogP) is 1.46. The summed E-state index contributed by atoms with van der Waals surface area (Å²) in [7, 11) is 1.88. The van der Waals surface area contributed by atoms with Crippen LogP contribution in [0.5, 0.6) is 0 Å². The Hall–Kier alpha value is -1.77. The van der Waals surface area contributed by atoms with Gasteiger partial charge in [-0.25, -0.2) is 4.98 Å². The van der Waals surface area contributed by atoms with Crippen molar-refractivity contribution >= 4 is 34.0 Å². The molecule has 9 heteroatoms. The Kier molecular flexibility index (Phi) is 5.28. The molecule has 0 aliphatic heterocycles. The van der Waals surface area contributed by atoms with Gasteiger partial charge in [0.1, 0.15) is 11.4 Å². The van der Waals surface area contributed by atoms with E-state index in [4.69, 9.17) is 4.52 Å². The van der Waals surface area contributed by atoms with Gasteiger partial charge >= 0.3 is 0 Å². The Balaban J connectivity index is 0.00000176. The molecule has 0 aliphatic rings. The van der Waals surface area contributed by atoms with Crippen molar-refractivity contribution in [3.05, 3.63) is 39.8 Å². The Morgan fingerprint density at radius 1 is 1.50 bits per heavy atom. The molecule has 0 saturated heterocycles. The predicted molar refractivity (Wildman–Crippen MR) is 86.8 cm³/mol. The van der Waals surface area contributed by atoms with Gasteiger partial charge in [-0.2, -0.15) is 4.98 Å². The number of fused-ring (bicyclic) bond motifs is 1. The average Bonchev–Trinajstić information content (AvgIpc) is 3.11. The molecule has 1 N–H and O–H groups in total. The van der Waals surface area contributed by atoms with Gasteiger partial charge in [-0.15, -0.1) is 23.7 Å². The molecule has 3 aromatic heterocycles. The largest absolute Gasteiger partial charge is 0.337 e. The Bertz CT molecular complexity index is 812. The summed E-state index contributed by atoms with van der Waals surface area (Å²) >= 11 is 1.45. The van der Waals surface area contributed by atoms with Crippen LogP contribution in [-0.4, -0.2) is 32.8 Å². The normalized spacial score (nSPS) is 12.3. The molecule has 22 heavy (non-hydrogen) atoms. The van der Waals surface area contributed by atoms with Gasteiger partial charge in [0, 0.05) is 12.5 Å². The second-order valence-electron chi connectivity index (χ2n) is 4.82. The van der Waals surface area contributed by atoms with Crippen LogP contribution in [0.3, 0.4) is 0 Å². The molecule has 3 heterocycles. The molecule has 3 aromatic rings. The highest BCUT2D eigenvalue weighted by Gasteiger charge is 2.12. The van der Waals surface area contributed by atoms with Crippen molar-refractivity contribution in [1.29, 1.82) is 0 Å². The molecule has 0 aliphatic carbocycles. The number of likely N-dealkylation sites (N-methyl/N-ethyl adjacent to an activating group) is 1. The Morgan fingerprint density at radius 3 is 3.09 bits per heavy atom. The average molecular weight is 342 g/mol. The second kappa shape index (κ2) is 6.99. The van der Waals surface area contributed by atoms with Gasteiger partial charge < -0.3 is 9.84 Å². The van der Waals surface area contributed by atoms with E-state index >= 15 is 0 Å². The molecule has 3 rings (SSSR count). The van der Waals surface area contributed by atoms with Crippen molar-refractivity contribution in [2.75, 3.05) is 7.05 Å². The zero-order chi connectivity index (χ0) is 14.8. The maximum absolute atomic E-state index is 12.3. The highest BCUT2D eigenvalue weighted by atomic mass is 35.5. The van der Waals surface area contributed by atoms with E-state index in [9.17, 15) is 4.79 Å². The summed E-state index contributed by atoms with van der Waals surface area (Å²) < 4.78 is 6.67. The maximum atomic E-state index is 12.3. The van der Waals surface area contributed by atoms with Crippen molar-refractivity contribution in [2.45, 2.75) is 25.9 Å². The second-order valence-corrected chi connectivity index (χ2v) is 5.71. The smallest absolute Gasteiger partial charge is 0.262 e. The maximum Gasteiger partial charge on any atom is 0.262 e. The number of nitrogens with zero attached hydrogens (tertiary/aromatic N) is 4. The van der Waals surface area contributed by atoms with Crippen molar-refractivity contribution in [1.82, 2.24) is 25.0 Å². The number of hydrogen-bond donors (Lipinski definition) is 1. The standard InChI is InChI=1S/C13H15N5O2S.ClH/c1-8(14-2)5-10-16-11(20-17-10)6-18-7-15-12-9(13(18)19)3-4-21-12;/h3-4,7-8,14H,5-6H2,1-2H3;1H. The molecular formula is C13H16ClN5O2S. The van der Waals surface area contributed by atoms with Gasteiger partial charge in [-0.05, 0) is 25.4 Å². The van der Waals surface area contributed by atoms with E-state index in [0.29, 0.717) is 23.5 Å². The third kappa shape index (κ3) is 3.34. The van der Waals surface area contributed by atoms with Gasteiger partial charge in [-0.3, -0.25) is 9.36 Å². The minimum atomic E-state index is -0.0930. The van der Waals surface area contributed by atoms with E-state index in [2.05, 4.69) is 20.4 Å². The summed E-state index contributed by atoms with van der Waals surface area (Å²) in [6.45, 7) is 2.27. The Morgan fingerprint density at radius 2 is 2.32 bits per heavy atom. The third-order valence-electron chi connectivity index (χ3n) is 3.25. The lowest BCUT2D eigenvalue weighted by Gasteiger charge is -2.04. The van der Waals surface area contributed by atoms with E-state index < -0.39 is 0 Å². The van der Waals surface area contributed by atoms with Crippen LogP contribution in [0.25, 0.3) is 10.2 Å². The molecule has 0 bridgehead atoms. The van der Waals surface area contributed by atoms with Crippen LogP contribution in [0, 0.1) is 0 Å². The SMILES string of the molecule is CNC(C)Cc1noc(Cn2cnc3sccc3c2=O)n1.Cl. The van der Waals surface area contributed by atoms with Crippen LogP contribution >= 0.6 is 23.7 Å². The van der Waals surface area contributed by atoms with Gasteiger partial charge in [0.15, 0.2) is 5.82 Å². The number of halogens is 1.